The van der Waals surface area contributed by atoms with Gasteiger partial charge in [-0.1, -0.05) is 6.92 Å². The quantitative estimate of drug-likeness (QED) is 0.766. The SMILES string of the molecule is CCc1nc(C)c(C)n1CC(C)N. The van der Waals surface area contributed by atoms with Crippen molar-refractivity contribution in [2.75, 3.05) is 0 Å². The van der Waals surface area contributed by atoms with E-state index in [-0.39, 0.29) is 6.04 Å². The van der Waals surface area contributed by atoms with E-state index < -0.39 is 0 Å². The highest BCUT2D eigenvalue weighted by Crippen LogP contribution is 2.10. The summed E-state index contributed by atoms with van der Waals surface area (Å²) in [6.45, 7) is 9.17. The number of nitrogens with two attached hydrogens (primary N) is 1. The van der Waals surface area contributed by atoms with Crippen LogP contribution in [0.1, 0.15) is 31.1 Å². The Kier molecular flexibility index (Phi) is 3.09. The van der Waals surface area contributed by atoms with Crippen molar-refractivity contribution >= 4 is 0 Å². The fourth-order valence-electron chi connectivity index (χ4n) is 1.52. The zero-order valence-corrected chi connectivity index (χ0v) is 8.96. The van der Waals surface area contributed by atoms with Gasteiger partial charge in [0, 0.05) is 24.7 Å². The van der Waals surface area contributed by atoms with Gasteiger partial charge < -0.3 is 10.3 Å². The summed E-state index contributed by atoms with van der Waals surface area (Å²) in [6, 6.07) is 0.192. The minimum atomic E-state index is 0.192. The number of hydrogen-bond acceptors (Lipinski definition) is 2. The van der Waals surface area contributed by atoms with Crippen molar-refractivity contribution < 1.29 is 0 Å². The summed E-state index contributed by atoms with van der Waals surface area (Å²) in [7, 11) is 0. The molecule has 1 unspecified atom stereocenters. The van der Waals surface area contributed by atoms with Crippen molar-refractivity contribution in [1.29, 1.82) is 0 Å². The molecule has 0 spiro atoms. The van der Waals surface area contributed by atoms with Crippen LogP contribution in [0.4, 0.5) is 0 Å². The zero-order chi connectivity index (χ0) is 10.0. The van der Waals surface area contributed by atoms with Crippen LogP contribution in [0, 0.1) is 13.8 Å². The van der Waals surface area contributed by atoms with Gasteiger partial charge in [0.05, 0.1) is 5.69 Å². The van der Waals surface area contributed by atoms with Crippen LogP contribution < -0.4 is 5.73 Å². The maximum atomic E-state index is 5.78. The number of nitrogens with zero attached hydrogens (tertiary/aromatic N) is 2. The van der Waals surface area contributed by atoms with Crippen molar-refractivity contribution in [1.82, 2.24) is 9.55 Å². The lowest BCUT2D eigenvalue weighted by Gasteiger charge is -2.11. The van der Waals surface area contributed by atoms with E-state index in [4.69, 9.17) is 5.73 Å². The highest BCUT2D eigenvalue weighted by Gasteiger charge is 2.09. The lowest BCUT2D eigenvalue weighted by molar-refractivity contribution is 0.559. The summed E-state index contributed by atoms with van der Waals surface area (Å²) in [5.41, 5.74) is 8.14. The van der Waals surface area contributed by atoms with Crippen LogP contribution in [0.25, 0.3) is 0 Å². The Balaban J connectivity index is 3.01. The van der Waals surface area contributed by atoms with Crippen LogP contribution in [-0.2, 0) is 13.0 Å². The van der Waals surface area contributed by atoms with Gasteiger partial charge in [0.1, 0.15) is 5.82 Å². The Morgan fingerprint density at radius 1 is 1.46 bits per heavy atom. The fraction of sp³-hybridized carbons (Fsp3) is 0.700. The normalized spacial score (nSPS) is 13.3. The Hall–Kier alpha value is -0.830. The number of hydrogen-bond donors (Lipinski definition) is 1. The molecule has 1 aromatic rings. The van der Waals surface area contributed by atoms with Gasteiger partial charge in [0.25, 0.3) is 0 Å². The molecule has 3 nitrogen and oxygen atoms in total. The molecule has 13 heavy (non-hydrogen) atoms. The van der Waals surface area contributed by atoms with Crippen LogP contribution in [-0.4, -0.2) is 15.6 Å². The molecule has 0 aliphatic carbocycles. The topological polar surface area (TPSA) is 43.8 Å². The second kappa shape index (κ2) is 3.92. The molecule has 0 aliphatic heterocycles. The minimum absolute atomic E-state index is 0.192. The zero-order valence-electron chi connectivity index (χ0n) is 8.96. The summed E-state index contributed by atoms with van der Waals surface area (Å²) in [6.07, 6.45) is 0.974. The largest absolute Gasteiger partial charge is 0.331 e. The summed E-state index contributed by atoms with van der Waals surface area (Å²) < 4.78 is 2.22. The third-order valence-electron chi connectivity index (χ3n) is 2.32. The van der Waals surface area contributed by atoms with E-state index in [9.17, 15) is 0 Å². The van der Waals surface area contributed by atoms with E-state index in [1.165, 1.54) is 5.69 Å². The fourth-order valence-corrected chi connectivity index (χ4v) is 1.52. The van der Waals surface area contributed by atoms with Gasteiger partial charge in [-0.05, 0) is 20.8 Å². The predicted molar refractivity (Wildman–Crippen MR) is 54.7 cm³/mol. The van der Waals surface area contributed by atoms with E-state index in [2.05, 4.69) is 23.4 Å². The lowest BCUT2D eigenvalue weighted by Crippen LogP contribution is -2.23. The second-order valence-corrected chi connectivity index (χ2v) is 3.64. The van der Waals surface area contributed by atoms with Gasteiger partial charge in [-0.15, -0.1) is 0 Å². The smallest absolute Gasteiger partial charge is 0.108 e. The number of rotatable bonds is 3. The van der Waals surface area contributed by atoms with Crippen LogP contribution in [0.3, 0.4) is 0 Å². The van der Waals surface area contributed by atoms with Gasteiger partial charge in [-0.2, -0.15) is 0 Å². The van der Waals surface area contributed by atoms with Gasteiger partial charge in [0.2, 0.25) is 0 Å². The van der Waals surface area contributed by atoms with Crippen molar-refractivity contribution in [3.05, 3.63) is 17.2 Å². The first kappa shape index (κ1) is 10.3. The van der Waals surface area contributed by atoms with Crippen LogP contribution in [0.15, 0.2) is 0 Å². The number of aromatic nitrogens is 2. The maximum absolute atomic E-state index is 5.78. The van der Waals surface area contributed by atoms with E-state index in [0.29, 0.717) is 0 Å². The molecule has 1 aromatic heterocycles. The molecule has 3 heteroatoms. The van der Waals surface area contributed by atoms with Gasteiger partial charge in [-0.25, -0.2) is 4.98 Å². The standard InChI is InChI=1S/C10H19N3/c1-5-10-12-8(3)9(4)13(10)6-7(2)11/h7H,5-6,11H2,1-4H3. The minimum Gasteiger partial charge on any atom is -0.331 e. The first-order valence-electron chi connectivity index (χ1n) is 4.84. The summed E-state index contributed by atoms with van der Waals surface area (Å²) >= 11 is 0. The van der Waals surface area contributed by atoms with E-state index in [0.717, 1.165) is 24.5 Å². The molecule has 0 aliphatic rings. The van der Waals surface area contributed by atoms with E-state index in [1.807, 2.05) is 13.8 Å². The first-order valence-corrected chi connectivity index (χ1v) is 4.84. The Labute approximate surface area is 80.0 Å². The molecular weight excluding hydrogens is 162 g/mol. The monoisotopic (exact) mass is 181 g/mol. The lowest BCUT2D eigenvalue weighted by atomic mass is 10.3. The predicted octanol–water partition coefficient (Wildman–Crippen LogP) is 1.41. The van der Waals surface area contributed by atoms with Crippen LogP contribution >= 0.6 is 0 Å². The highest BCUT2D eigenvalue weighted by atomic mass is 15.1. The third-order valence-corrected chi connectivity index (χ3v) is 2.32. The van der Waals surface area contributed by atoms with Crippen molar-refractivity contribution in [3.8, 4) is 0 Å². The van der Waals surface area contributed by atoms with E-state index >= 15 is 0 Å². The Morgan fingerprint density at radius 2 is 2.08 bits per heavy atom. The molecule has 0 bridgehead atoms. The third kappa shape index (κ3) is 2.10. The van der Waals surface area contributed by atoms with E-state index in [1.54, 1.807) is 0 Å². The molecule has 0 radical (unpaired) electrons. The molecule has 74 valence electrons. The number of imidazole rings is 1. The second-order valence-electron chi connectivity index (χ2n) is 3.64. The Morgan fingerprint density at radius 3 is 2.54 bits per heavy atom. The van der Waals surface area contributed by atoms with Gasteiger partial charge >= 0.3 is 0 Å². The molecule has 1 heterocycles. The molecular formula is C10H19N3. The van der Waals surface area contributed by atoms with Crippen LogP contribution in [0.5, 0.6) is 0 Å². The molecule has 2 N–H and O–H groups in total. The number of aryl methyl sites for hydroxylation is 2. The molecule has 0 fully saturated rings. The molecule has 0 saturated carbocycles. The van der Waals surface area contributed by atoms with Crippen molar-refractivity contribution in [3.63, 3.8) is 0 Å². The molecule has 0 aromatic carbocycles. The van der Waals surface area contributed by atoms with Crippen molar-refractivity contribution in [2.45, 2.75) is 46.7 Å². The maximum Gasteiger partial charge on any atom is 0.108 e. The molecule has 0 amide bonds. The van der Waals surface area contributed by atoms with Crippen molar-refractivity contribution in [2.24, 2.45) is 5.73 Å². The molecule has 1 rings (SSSR count). The highest BCUT2D eigenvalue weighted by molar-refractivity contribution is 5.14. The summed E-state index contributed by atoms with van der Waals surface area (Å²) in [5, 5.41) is 0. The molecule has 1 atom stereocenters. The Bertz CT molecular complexity index is 287. The molecule has 0 saturated heterocycles. The average molecular weight is 181 g/mol. The average Bonchev–Trinajstić information content (AvgIpc) is 2.31. The van der Waals surface area contributed by atoms with Gasteiger partial charge in [0.15, 0.2) is 0 Å². The summed E-state index contributed by atoms with van der Waals surface area (Å²) in [5.74, 6) is 1.15. The summed E-state index contributed by atoms with van der Waals surface area (Å²) in [4.78, 5) is 4.49. The first-order chi connectivity index (χ1) is 6.06. The van der Waals surface area contributed by atoms with Crippen LogP contribution in [0.2, 0.25) is 0 Å². The van der Waals surface area contributed by atoms with Gasteiger partial charge in [-0.3, -0.25) is 0 Å².